The molecule has 6 N–H and O–H groups in total. The number of aliphatic hydroxyl groups excluding tert-OH is 3. The fraction of sp³-hybridized carbons (Fsp3) is 0.632. The van der Waals surface area contributed by atoms with Gasteiger partial charge in [0.2, 0.25) is 0 Å². The lowest BCUT2D eigenvalue weighted by Crippen LogP contribution is -2.06. The molecule has 0 amide bonds. The molecule has 0 unspecified atom stereocenters. The van der Waals surface area contributed by atoms with Crippen LogP contribution < -0.4 is 0 Å². The van der Waals surface area contributed by atoms with Crippen LogP contribution in [0.15, 0.2) is 12.1 Å². The van der Waals surface area contributed by atoms with Crippen molar-refractivity contribution in [3.8, 4) is 17.2 Å². The molecule has 0 spiro atoms. The molecule has 1 rings (SSSR count). The number of hydrogen-bond acceptors (Lipinski definition) is 8. The number of aromatic hydroxyl groups is 3. The Kier molecular flexibility index (Phi) is 15.0. The van der Waals surface area contributed by atoms with Gasteiger partial charge >= 0.3 is 5.97 Å². The Morgan fingerprint density at radius 3 is 1.56 bits per heavy atom. The van der Waals surface area contributed by atoms with Gasteiger partial charge in [0.1, 0.15) is 0 Å². The van der Waals surface area contributed by atoms with Gasteiger partial charge in [0.15, 0.2) is 17.2 Å². The molecule has 0 aliphatic rings. The summed E-state index contributed by atoms with van der Waals surface area (Å²) in [6.45, 7) is 0.806. The molecule has 0 aromatic heterocycles. The van der Waals surface area contributed by atoms with Crippen LogP contribution in [0.2, 0.25) is 0 Å². The number of carbonyl (C=O) groups is 1. The highest BCUT2D eigenvalue weighted by Gasteiger charge is 2.14. The highest BCUT2D eigenvalue weighted by molar-refractivity contribution is 5.91. The van der Waals surface area contributed by atoms with E-state index in [1.165, 1.54) is 12.8 Å². The zero-order valence-electron chi connectivity index (χ0n) is 15.6. The summed E-state index contributed by atoms with van der Waals surface area (Å²) in [4.78, 5) is 11.4. The molecule has 0 saturated carbocycles. The maximum atomic E-state index is 11.4. The minimum absolute atomic E-state index is 0.0261. The summed E-state index contributed by atoms with van der Waals surface area (Å²) >= 11 is 0. The molecule has 0 aliphatic heterocycles. The fourth-order valence-corrected chi connectivity index (χ4v) is 2.11. The Bertz CT molecular complexity index is 487. The second kappa shape index (κ2) is 16.2. The van der Waals surface area contributed by atoms with Crippen molar-refractivity contribution < 1.29 is 40.2 Å². The first-order valence-electron chi connectivity index (χ1n) is 9.22. The molecule has 8 nitrogen and oxygen atoms in total. The van der Waals surface area contributed by atoms with Gasteiger partial charge in [0.25, 0.3) is 0 Å². The second-order valence-electron chi connectivity index (χ2n) is 6.00. The summed E-state index contributed by atoms with van der Waals surface area (Å²) in [7, 11) is 0. The largest absolute Gasteiger partial charge is 0.504 e. The Balaban J connectivity index is 0.000000580. The van der Waals surface area contributed by atoms with Gasteiger partial charge in [-0.05, 0) is 37.8 Å². The maximum absolute atomic E-state index is 11.4. The minimum Gasteiger partial charge on any atom is -0.504 e. The Morgan fingerprint density at radius 2 is 1.11 bits per heavy atom. The number of benzene rings is 1. The van der Waals surface area contributed by atoms with E-state index in [0.717, 1.165) is 37.8 Å². The first-order valence-corrected chi connectivity index (χ1v) is 9.22. The molecule has 0 radical (unpaired) electrons. The summed E-state index contributed by atoms with van der Waals surface area (Å²) < 4.78 is 4.83. The maximum Gasteiger partial charge on any atom is 0.338 e. The predicted molar refractivity (Wildman–Crippen MR) is 99.9 cm³/mol. The summed E-state index contributed by atoms with van der Waals surface area (Å²) in [5.74, 6) is -2.57. The van der Waals surface area contributed by atoms with Gasteiger partial charge in [-0.2, -0.15) is 0 Å². The van der Waals surface area contributed by atoms with Crippen molar-refractivity contribution in [1.29, 1.82) is 0 Å². The number of unbranched alkanes of at least 4 members (excludes halogenated alkanes) is 6. The summed E-state index contributed by atoms with van der Waals surface area (Å²) in [5.41, 5.74) is -0.0539. The van der Waals surface area contributed by atoms with Crippen LogP contribution in [0.3, 0.4) is 0 Å². The predicted octanol–water partition coefficient (Wildman–Crippen LogP) is 2.04. The lowest BCUT2D eigenvalue weighted by atomic mass is 10.1. The molecule has 0 aliphatic carbocycles. The van der Waals surface area contributed by atoms with Gasteiger partial charge in [-0.1, -0.05) is 25.7 Å². The van der Waals surface area contributed by atoms with Crippen LogP contribution in [-0.4, -0.2) is 63.0 Å². The average Bonchev–Trinajstić information content (AvgIpc) is 2.66. The topological polar surface area (TPSA) is 148 Å². The number of aliphatic hydroxyl groups is 3. The van der Waals surface area contributed by atoms with Crippen molar-refractivity contribution >= 4 is 5.97 Å². The highest BCUT2D eigenvalue weighted by Crippen LogP contribution is 2.35. The molecule has 0 heterocycles. The molecule has 1 aromatic carbocycles. The summed E-state index contributed by atoms with van der Waals surface area (Å²) in [6, 6.07) is 2.01. The zero-order chi connectivity index (χ0) is 20.5. The van der Waals surface area contributed by atoms with Crippen LogP contribution in [0.5, 0.6) is 17.2 Å². The van der Waals surface area contributed by atoms with E-state index in [0.29, 0.717) is 26.1 Å². The highest BCUT2D eigenvalue weighted by atomic mass is 16.5. The molecule has 0 fully saturated rings. The molecule has 156 valence electrons. The Hall–Kier alpha value is -2.03. The average molecular weight is 388 g/mol. The van der Waals surface area contributed by atoms with E-state index in [4.69, 9.17) is 25.2 Å². The van der Waals surface area contributed by atoms with Crippen molar-refractivity contribution in [3.05, 3.63) is 17.7 Å². The van der Waals surface area contributed by atoms with Crippen molar-refractivity contribution in [2.45, 2.75) is 51.4 Å². The smallest absolute Gasteiger partial charge is 0.338 e. The number of phenolic OH excluding ortho intramolecular Hbond substituents is 3. The molecule has 8 heteroatoms. The molecule has 0 bridgehead atoms. The standard InChI is InChI=1S/C11H14O6.C8H18O2/c12-3-1-2-4-17-11(16)7-5-8(13)10(15)9(14)6-7;9-7-5-3-1-2-4-6-8-10/h5-6,12-15H,1-4H2;9-10H,1-8H2. The molecule has 0 saturated heterocycles. The molecular formula is C19H32O8. The van der Waals surface area contributed by atoms with Crippen molar-refractivity contribution in [2.75, 3.05) is 26.4 Å². The van der Waals surface area contributed by atoms with Crippen LogP contribution in [-0.2, 0) is 4.74 Å². The van der Waals surface area contributed by atoms with Crippen molar-refractivity contribution in [1.82, 2.24) is 0 Å². The van der Waals surface area contributed by atoms with Crippen LogP contribution >= 0.6 is 0 Å². The molecule has 1 aromatic rings. The lowest BCUT2D eigenvalue weighted by Gasteiger charge is -2.06. The third-order valence-corrected chi connectivity index (χ3v) is 3.66. The van der Waals surface area contributed by atoms with E-state index in [1.807, 2.05) is 0 Å². The molecule has 0 atom stereocenters. The van der Waals surface area contributed by atoms with E-state index >= 15 is 0 Å². The number of rotatable bonds is 12. The quantitative estimate of drug-likeness (QED) is 0.181. The second-order valence-corrected chi connectivity index (χ2v) is 6.00. The monoisotopic (exact) mass is 388 g/mol. The number of esters is 1. The van der Waals surface area contributed by atoms with Crippen LogP contribution in [0, 0.1) is 0 Å². The SMILES string of the molecule is O=C(OCCCCO)c1cc(O)c(O)c(O)c1.OCCCCCCCCO. The third-order valence-electron chi connectivity index (χ3n) is 3.66. The normalized spacial score (nSPS) is 10.2. The lowest BCUT2D eigenvalue weighted by molar-refractivity contribution is 0.0491. The van der Waals surface area contributed by atoms with Crippen molar-refractivity contribution in [2.24, 2.45) is 0 Å². The number of carbonyl (C=O) groups excluding carboxylic acids is 1. The van der Waals surface area contributed by atoms with Gasteiger partial charge in [-0.15, -0.1) is 0 Å². The third kappa shape index (κ3) is 12.1. The minimum atomic E-state index is -0.714. The van der Waals surface area contributed by atoms with Crippen molar-refractivity contribution in [3.63, 3.8) is 0 Å². The van der Waals surface area contributed by atoms with E-state index < -0.39 is 23.2 Å². The van der Waals surface area contributed by atoms with E-state index in [2.05, 4.69) is 0 Å². The van der Waals surface area contributed by atoms with Crippen LogP contribution in [0.4, 0.5) is 0 Å². The Labute approximate surface area is 159 Å². The summed E-state index contributed by atoms with van der Waals surface area (Å²) in [6.07, 6.45) is 7.56. The van der Waals surface area contributed by atoms with Crippen LogP contribution in [0.25, 0.3) is 0 Å². The van der Waals surface area contributed by atoms with Gasteiger partial charge in [-0.3, -0.25) is 0 Å². The summed E-state index contributed by atoms with van der Waals surface area (Å²) in [5, 5.41) is 52.8. The number of hydrogen-bond donors (Lipinski definition) is 6. The fourth-order valence-electron chi connectivity index (χ4n) is 2.11. The first kappa shape index (κ1) is 25.0. The van der Waals surface area contributed by atoms with Gasteiger partial charge in [0, 0.05) is 19.8 Å². The van der Waals surface area contributed by atoms with E-state index in [9.17, 15) is 15.0 Å². The Morgan fingerprint density at radius 1 is 0.704 bits per heavy atom. The van der Waals surface area contributed by atoms with E-state index in [1.54, 1.807) is 0 Å². The van der Waals surface area contributed by atoms with Crippen LogP contribution in [0.1, 0.15) is 61.7 Å². The number of ether oxygens (including phenoxy) is 1. The molecule has 27 heavy (non-hydrogen) atoms. The van der Waals surface area contributed by atoms with Gasteiger partial charge in [0.05, 0.1) is 12.2 Å². The first-order chi connectivity index (χ1) is 13.0. The van der Waals surface area contributed by atoms with Gasteiger partial charge < -0.3 is 35.4 Å². The molecular weight excluding hydrogens is 356 g/mol. The van der Waals surface area contributed by atoms with Gasteiger partial charge in [-0.25, -0.2) is 4.79 Å². The van der Waals surface area contributed by atoms with E-state index in [-0.39, 0.29) is 18.8 Å². The zero-order valence-corrected chi connectivity index (χ0v) is 15.6. The number of phenols is 3.